The molecule has 0 radical (unpaired) electrons. The molecule has 0 N–H and O–H groups in total. The van der Waals surface area contributed by atoms with Gasteiger partial charge in [0.1, 0.15) is 0 Å². The van der Waals surface area contributed by atoms with E-state index in [1.807, 2.05) is 0 Å². The van der Waals surface area contributed by atoms with Crippen LogP contribution >= 0.6 is 0 Å². The normalized spacial score (nSPS) is 16.1. The van der Waals surface area contributed by atoms with Crippen LogP contribution < -0.4 is 0 Å². The maximum absolute atomic E-state index is 11.3. The van der Waals surface area contributed by atoms with Gasteiger partial charge in [-0.15, -0.1) is 0 Å². The predicted molar refractivity (Wildman–Crippen MR) is 55.5 cm³/mol. The Kier molecular flexibility index (Phi) is 4.42. The van der Waals surface area contributed by atoms with Crippen molar-refractivity contribution in [3.63, 3.8) is 0 Å². The average Bonchev–Trinajstić information content (AvgIpc) is 2.56. The van der Waals surface area contributed by atoms with Crippen LogP contribution in [0.2, 0.25) is 0 Å². The van der Waals surface area contributed by atoms with Gasteiger partial charge in [0.25, 0.3) is 0 Å². The average molecular weight is 228 g/mol. The monoisotopic (exact) mass is 228 g/mol. The highest BCUT2D eigenvalue weighted by molar-refractivity contribution is 6.01. The molecule has 0 aliphatic carbocycles. The van der Waals surface area contributed by atoms with Crippen LogP contribution in [-0.2, 0) is 19.1 Å². The standard InChI is InChI=1S/C10H16N2O4/c1-11(7-10(15)16-2)5-6-12-8(13)3-4-9(12)14/h3-7H2,1-2H3. The molecule has 6 nitrogen and oxygen atoms in total. The summed E-state index contributed by atoms with van der Waals surface area (Å²) in [5.74, 6) is -0.588. The first-order valence-corrected chi connectivity index (χ1v) is 5.13. The van der Waals surface area contributed by atoms with Crippen molar-refractivity contribution in [2.45, 2.75) is 12.8 Å². The van der Waals surface area contributed by atoms with Gasteiger partial charge >= 0.3 is 5.97 Å². The number of rotatable bonds is 5. The summed E-state index contributed by atoms with van der Waals surface area (Å²) < 4.78 is 4.51. The molecule has 2 amide bonds. The third kappa shape index (κ3) is 3.30. The first-order chi connectivity index (χ1) is 7.54. The van der Waals surface area contributed by atoms with Gasteiger partial charge < -0.3 is 4.74 Å². The van der Waals surface area contributed by atoms with Crippen molar-refractivity contribution in [2.75, 3.05) is 33.8 Å². The Morgan fingerprint density at radius 1 is 1.38 bits per heavy atom. The highest BCUT2D eigenvalue weighted by atomic mass is 16.5. The molecule has 1 fully saturated rings. The van der Waals surface area contributed by atoms with Gasteiger partial charge in [-0.3, -0.25) is 24.2 Å². The molecule has 0 spiro atoms. The summed E-state index contributed by atoms with van der Waals surface area (Å²) in [6.07, 6.45) is 0.610. The van der Waals surface area contributed by atoms with Crippen LogP contribution in [0.15, 0.2) is 0 Å². The van der Waals surface area contributed by atoms with E-state index in [0.29, 0.717) is 25.9 Å². The minimum atomic E-state index is -0.332. The number of esters is 1. The number of ether oxygens (including phenoxy) is 1. The zero-order chi connectivity index (χ0) is 12.1. The van der Waals surface area contributed by atoms with E-state index >= 15 is 0 Å². The Morgan fingerprint density at radius 3 is 2.44 bits per heavy atom. The molecule has 0 saturated carbocycles. The molecule has 1 rings (SSSR count). The highest BCUT2D eigenvalue weighted by Gasteiger charge is 2.28. The van der Waals surface area contributed by atoms with Crippen molar-refractivity contribution < 1.29 is 19.1 Å². The number of carbonyl (C=O) groups excluding carboxylic acids is 3. The lowest BCUT2D eigenvalue weighted by Crippen LogP contribution is -2.38. The molecule has 1 aliphatic rings. The van der Waals surface area contributed by atoms with Gasteiger partial charge in [-0.25, -0.2) is 0 Å². The second kappa shape index (κ2) is 5.60. The van der Waals surface area contributed by atoms with Crippen molar-refractivity contribution in [1.82, 2.24) is 9.80 Å². The number of nitrogens with zero attached hydrogens (tertiary/aromatic N) is 2. The molecule has 0 aromatic heterocycles. The third-order valence-electron chi connectivity index (χ3n) is 2.49. The smallest absolute Gasteiger partial charge is 0.319 e. The molecule has 1 saturated heterocycles. The second-order valence-electron chi connectivity index (χ2n) is 3.75. The van der Waals surface area contributed by atoms with Gasteiger partial charge in [-0.1, -0.05) is 0 Å². The number of amides is 2. The summed E-state index contributed by atoms with van der Waals surface area (Å²) in [6.45, 7) is 0.977. The number of imide groups is 1. The number of carbonyl (C=O) groups is 3. The Hall–Kier alpha value is -1.43. The van der Waals surface area contributed by atoms with Gasteiger partial charge in [0.2, 0.25) is 11.8 Å². The van der Waals surface area contributed by atoms with Crippen molar-refractivity contribution in [3.8, 4) is 0 Å². The topological polar surface area (TPSA) is 66.9 Å². The zero-order valence-corrected chi connectivity index (χ0v) is 9.56. The lowest BCUT2D eigenvalue weighted by atomic mass is 10.4. The number of hydrogen-bond donors (Lipinski definition) is 0. The van der Waals surface area contributed by atoms with Crippen LogP contribution in [-0.4, -0.2) is 61.4 Å². The minimum absolute atomic E-state index is 0.128. The summed E-state index contributed by atoms with van der Waals surface area (Å²) in [5, 5.41) is 0. The summed E-state index contributed by atoms with van der Waals surface area (Å²) >= 11 is 0. The SMILES string of the molecule is COC(=O)CN(C)CCN1C(=O)CCC1=O. The van der Waals surface area contributed by atoms with E-state index in [4.69, 9.17) is 0 Å². The molecule has 0 bridgehead atoms. The van der Waals surface area contributed by atoms with Gasteiger partial charge in [0.15, 0.2) is 0 Å². The lowest BCUT2D eigenvalue weighted by Gasteiger charge is -2.19. The van der Waals surface area contributed by atoms with Crippen LogP contribution in [0.5, 0.6) is 0 Å². The highest BCUT2D eigenvalue weighted by Crippen LogP contribution is 2.10. The van der Waals surface area contributed by atoms with E-state index in [1.54, 1.807) is 11.9 Å². The van der Waals surface area contributed by atoms with Crippen LogP contribution in [0.25, 0.3) is 0 Å². The predicted octanol–water partition coefficient (Wildman–Crippen LogP) is -0.760. The number of likely N-dealkylation sites (N-methyl/N-ethyl adjacent to an activating group) is 1. The fourth-order valence-corrected chi connectivity index (χ4v) is 1.51. The Labute approximate surface area is 94.1 Å². The molecular weight excluding hydrogens is 212 g/mol. The first kappa shape index (κ1) is 12.6. The maximum atomic E-state index is 11.3. The number of likely N-dealkylation sites (tertiary alicyclic amines) is 1. The van der Waals surface area contributed by atoms with Crippen LogP contribution in [0, 0.1) is 0 Å². The number of methoxy groups -OCH3 is 1. The summed E-state index contributed by atoms with van der Waals surface area (Å²) in [7, 11) is 3.06. The van der Waals surface area contributed by atoms with Gasteiger partial charge in [-0.05, 0) is 7.05 Å². The fraction of sp³-hybridized carbons (Fsp3) is 0.700. The van der Waals surface area contributed by atoms with Crippen LogP contribution in [0.4, 0.5) is 0 Å². The van der Waals surface area contributed by atoms with E-state index in [-0.39, 0.29) is 24.3 Å². The van der Waals surface area contributed by atoms with Gasteiger partial charge in [0.05, 0.1) is 13.7 Å². The number of hydrogen-bond acceptors (Lipinski definition) is 5. The van der Waals surface area contributed by atoms with Crippen LogP contribution in [0.1, 0.15) is 12.8 Å². The molecule has 0 unspecified atom stereocenters. The molecule has 90 valence electrons. The maximum Gasteiger partial charge on any atom is 0.319 e. The second-order valence-corrected chi connectivity index (χ2v) is 3.75. The Morgan fingerprint density at radius 2 is 1.94 bits per heavy atom. The minimum Gasteiger partial charge on any atom is -0.468 e. The summed E-state index contributed by atoms with van der Waals surface area (Å²) in [6, 6.07) is 0. The molecular formula is C10H16N2O4. The van der Waals surface area contributed by atoms with E-state index in [0.717, 1.165) is 0 Å². The van der Waals surface area contributed by atoms with E-state index in [2.05, 4.69) is 4.74 Å². The quantitative estimate of drug-likeness (QED) is 0.457. The van der Waals surface area contributed by atoms with Crippen LogP contribution in [0.3, 0.4) is 0 Å². The first-order valence-electron chi connectivity index (χ1n) is 5.13. The van der Waals surface area contributed by atoms with Gasteiger partial charge in [0, 0.05) is 25.9 Å². The zero-order valence-electron chi connectivity index (χ0n) is 9.56. The van der Waals surface area contributed by atoms with E-state index < -0.39 is 0 Å². The summed E-state index contributed by atoms with van der Waals surface area (Å²) in [5.41, 5.74) is 0. The Balaban J connectivity index is 2.31. The van der Waals surface area contributed by atoms with Crippen molar-refractivity contribution >= 4 is 17.8 Å². The molecule has 0 aromatic rings. The molecule has 0 aromatic carbocycles. The molecule has 16 heavy (non-hydrogen) atoms. The van der Waals surface area contributed by atoms with E-state index in [1.165, 1.54) is 12.0 Å². The van der Waals surface area contributed by atoms with Crippen molar-refractivity contribution in [2.24, 2.45) is 0 Å². The van der Waals surface area contributed by atoms with Crippen molar-refractivity contribution in [1.29, 1.82) is 0 Å². The fourth-order valence-electron chi connectivity index (χ4n) is 1.51. The van der Waals surface area contributed by atoms with Crippen molar-refractivity contribution in [3.05, 3.63) is 0 Å². The summed E-state index contributed by atoms with van der Waals surface area (Å²) in [4.78, 5) is 36.4. The molecule has 1 aliphatic heterocycles. The lowest BCUT2D eigenvalue weighted by molar-refractivity contribution is -0.141. The Bertz CT molecular complexity index is 287. The molecule has 0 atom stereocenters. The molecule has 6 heteroatoms. The molecule has 1 heterocycles. The van der Waals surface area contributed by atoms with Gasteiger partial charge in [-0.2, -0.15) is 0 Å². The largest absolute Gasteiger partial charge is 0.468 e. The van der Waals surface area contributed by atoms with E-state index in [9.17, 15) is 14.4 Å². The third-order valence-corrected chi connectivity index (χ3v) is 2.49.